The molecule has 9 rings (SSSR count). The molecule has 0 saturated heterocycles. The van der Waals surface area contributed by atoms with Crippen LogP contribution in [0.5, 0.6) is 0 Å². The quantitative estimate of drug-likeness (QED) is 0.190. The second-order valence-electron chi connectivity index (χ2n) is 9.57. The van der Waals surface area contributed by atoms with E-state index in [0.717, 1.165) is 0 Å². The molecule has 4 heteroatoms. The Morgan fingerprint density at radius 2 is 0.936 bits per heavy atom. The van der Waals surface area contributed by atoms with Crippen LogP contribution in [0.15, 0.2) is 168 Å². The van der Waals surface area contributed by atoms with Gasteiger partial charge in [0.05, 0.1) is 37.0 Å². The third-order valence-corrected chi connectivity index (χ3v) is 6.75. The van der Waals surface area contributed by atoms with E-state index in [1.165, 1.54) is 0 Å². The number of benzene rings is 7. The maximum atomic E-state index is 9.79. The summed E-state index contributed by atoms with van der Waals surface area (Å²) in [5.41, 5.74) is -6.69. The predicted molar refractivity (Wildman–Crippen MR) is 192 cm³/mol. The van der Waals surface area contributed by atoms with Gasteiger partial charge in [0.1, 0.15) is 11.2 Å². The molecule has 0 fully saturated rings. The zero-order valence-electron chi connectivity index (χ0n) is 50.2. The molecule has 0 aliphatic carbocycles. The SMILES string of the molecule is [2H]c1c([2H])c([2H])c(-c2nc(-c3c([2H])c([2H])c4c([2H])c([2H])c(-c5c([2H])c([2H])c([2H])c([2H])c5[2H])c([2H])c4c3[2H])nc(-c3c([2H])c(-c4c([2H])c([2H])c([2H])c([2H])c4[2H])c([2H])c4oc5c([2H])c([2H])c([2H])c([2H])c5c34)n2)c([2H])c1[2H]. The standard InChI is InChI=1S/C43H27N3O/c1-4-12-28(13-5-1)32-22-20-30-21-23-33(25-34(30)24-32)42-44-41(31-16-8-3-9-17-31)45-43(46-42)37-26-35(29-14-6-2-7-15-29)27-39-40(37)36-18-10-11-19-38(36)47-39/h1-27H/i1D,2D,3D,4D,5D,6D,7D,8D,9D,10D,11D,12D,13D,14D,15D,16D,17D,18D,19D,20D,21D,22D,23D,24D,25D,26D,27D. The van der Waals surface area contributed by atoms with Crippen LogP contribution in [0.2, 0.25) is 0 Å². The van der Waals surface area contributed by atoms with Gasteiger partial charge in [0.2, 0.25) is 0 Å². The number of aromatic nitrogens is 3. The molecule has 0 unspecified atom stereocenters. The Morgan fingerprint density at radius 1 is 0.383 bits per heavy atom. The largest absolute Gasteiger partial charge is 0.456 e. The second-order valence-corrected chi connectivity index (χ2v) is 9.57. The van der Waals surface area contributed by atoms with Crippen molar-refractivity contribution < 1.29 is 41.4 Å². The van der Waals surface area contributed by atoms with Gasteiger partial charge in [-0.1, -0.05) is 133 Å². The van der Waals surface area contributed by atoms with Crippen LogP contribution in [-0.2, 0) is 0 Å². The Bertz CT molecular complexity index is 4030. The highest BCUT2D eigenvalue weighted by Gasteiger charge is 2.19. The van der Waals surface area contributed by atoms with E-state index in [0.29, 0.717) is 0 Å². The normalized spacial score (nSPS) is 19.4. The van der Waals surface area contributed by atoms with Gasteiger partial charge in [-0.2, -0.15) is 0 Å². The van der Waals surface area contributed by atoms with Crippen molar-refractivity contribution in [3.05, 3.63) is 163 Å². The van der Waals surface area contributed by atoms with E-state index in [2.05, 4.69) is 15.0 Å². The smallest absolute Gasteiger partial charge is 0.164 e. The van der Waals surface area contributed by atoms with E-state index in [4.69, 9.17) is 34.6 Å². The number of nitrogens with zero attached hydrogens (tertiary/aromatic N) is 3. The molecule has 7 aromatic carbocycles. The van der Waals surface area contributed by atoms with Gasteiger partial charge in [0, 0.05) is 27.5 Å². The van der Waals surface area contributed by atoms with Gasteiger partial charge >= 0.3 is 0 Å². The van der Waals surface area contributed by atoms with Gasteiger partial charge in [-0.05, 0) is 63.2 Å². The molecule has 9 aromatic rings. The molecule has 2 aromatic heterocycles. The number of rotatable bonds is 5. The minimum absolute atomic E-state index is 0.517. The first-order valence-corrected chi connectivity index (χ1v) is 13.5. The predicted octanol–water partition coefficient (Wildman–Crippen LogP) is 11.3. The Kier molecular flexibility index (Phi) is 2.66. The Balaban J connectivity index is 1.53. The molecule has 0 bridgehead atoms. The Labute approximate surface area is 309 Å². The molecular formula is C43H27N3O. The van der Waals surface area contributed by atoms with Crippen LogP contribution in [-0.4, -0.2) is 15.0 Å². The lowest BCUT2D eigenvalue weighted by atomic mass is 9.98. The maximum Gasteiger partial charge on any atom is 0.164 e. The molecule has 4 nitrogen and oxygen atoms in total. The molecule has 0 aliphatic rings. The van der Waals surface area contributed by atoms with Crippen molar-refractivity contribution in [1.29, 1.82) is 0 Å². The van der Waals surface area contributed by atoms with E-state index >= 15 is 0 Å². The zero-order chi connectivity index (χ0) is 54.7. The van der Waals surface area contributed by atoms with Crippen molar-refractivity contribution in [3.8, 4) is 56.4 Å². The van der Waals surface area contributed by atoms with Gasteiger partial charge in [-0.15, -0.1) is 0 Å². The molecule has 220 valence electrons. The fraction of sp³-hybridized carbons (Fsp3) is 0. The Morgan fingerprint density at radius 3 is 1.66 bits per heavy atom. The van der Waals surface area contributed by atoms with Crippen LogP contribution in [0, 0.1) is 0 Å². The molecule has 47 heavy (non-hydrogen) atoms. The first kappa shape index (κ1) is 11.1. The maximum absolute atomic E-state index is 9.79. The highest BCUT2D eigenvalue weighted by atomic mass is 16.3. The van der Waals surface area contributed by atoms with Crippen LogP contribution >= 0.6 is 0 Å². The summed E-state index contributed by atoms with van der Waals surface area (Å²) in [5.74, 6) is -2.70. The van der Waals surface area contributed by atoms with Gasteiger partial charge in [-0.25, -0.2) is 15.0 Å². The lowest BCUT2D eigenvalue weighted by Crippen LogP contribution is -2.00. The number of fused-ring (bicyclic) bond motifs is 4. The lowest BCUT2D eigenvalue weighted by molar-refractivity contribution is 0.669. The third-order valence-electron chi connectivity index (χ3n) is 6.75. The summed E-state index contributed by atoms with van der Waals surface area (Å²) in [6.07, 6.45) is 0. The molecular weight excluding hydrogens is 574 g/mol. The third kappa shape index (κ3) is 4.93. The summed E-state index contributed by atoms with van der Waals surface area (Å²) in [4.78, 5) is 13.2. The zero-order valence-corrected chi connectivity index (χ0v) is 23.2. The van der Waals surface area contributed by atoms with Crippen LogP contribution < -0.4 is 0 Å². The monoisotopic (exact) mass is 628 g/mol. The fourth-order valence-electron chi connectivity index (χ4n) is 4.71. The molecule has 0 atom stereocenters. The van der Waals surface area contributed by atoms with E-state index in [1.807, 2.05) is 0 Å². The van der Waals surface area contributed by atoms with E-state index in [1.54, 1.807) is 0 Å². The minimum atomic E-state index is -1.00. The molecule has 0 spiro atoms. The highest BCUT2D eigenvalue weighted by Crippen LogP contribution is 2.40. The van der Waals surface area contributed by atoms with Gasteiger partial charge in [0.15, 0.2) is 17.5 Å². The Hall–Kier alpha value is -6.39. The molecule has 0 amide bonds. The van der Waals surface area contributed by atoms with Crippen LogP contribution in [0.4, 0.5) is 0 Å². The number of hydrogen-bond acceptors (Lipinski definition) is 4. The summed E-state index contributed by atoms with van der Waals surface area (Å²) in [5, 5.41) is -2.45. The molecule has 0 aliphatic heterocycles. The summed E-state index contributed by atoms with van der Waals surface area (Å²) in [6.45, 7) is 0. The van der Waals surface area contributed by atoms with Crippen molar-refractivity contribution >= 4 is 32.7 Å². The number of para-hydroxylation sites is 1. The van der Waals surface area contributed by atoms with Gasteiger partial charge in [-0.3, -0.25) is 0 Å². The van der Waals surface area contributed by atoms with E-state index in [9.17, 15) is 6.85 Å². The van der Waals surface area contributed by atoms with Crippen molar-refractivity contribution in [1.82, 2.24) is 15.0 Å². The number of furan rings is 1. The van der Waals surface area contributed by atoms with Crippen LogP contribution in [0.1, 0.15) is 37.0 Å². The van der Waals surface area contributed by atoms with Crippen molar-refractivity contribution in [3.63, 3.8) is 0 Å². The van der Waals surface area contributed by atoms with Crippen molar-refractivity contribution in [2.24, 2.45) is 0 Å². The lowest BCUT2D eigenvalue weighted by Gasteiger charge is -2.12. The van der Waals surface area contributed by atoms with Crippen LogP contribution in [0.3, 0.4) is 0 Å². The van der Waals surface area contributed by atoms with Crippen molar-refractivity contribution in [2.45, 2.75) is 0 Å². The summed E-state index contributed by atoms with van der Waals surface area (Å²) >= 11 is 0. The van der Waals surface area contributed by atoms with E-state index < -0.39 is 252 Å². The molecule has 2 heterocycles. The first-order valence-electron chi connectivity index (χ1n) is 27.0. The number of hydrogen-bond donors (Lipinski definition) is 0. The van der Waals surface area contributed by atoms with Crippen LogP contribution in [0.25, 0.3) is 89.1 Å². The topological polar surface area (TPSA) is 51.8 Å². The summed E-state index contributed by atoms with van der Waals surface area (Å²) in [6, 6.07) is -24.5. The average Bonchev–Trinajstić information content (AvgIpc) is 3.77. The summed E-state index contributed by atoms with van der Waals surface area (Å²) in [7, 11) is 0. The van der Waals surface area contributed by atoms with Gasteiger partial charge in [0.25, 0.3) is 0 Å². The van der Waals surface area contributed by atoms with Gasteiger partial charge < -0.3 is 4.42 Å². The second kappa shape index (κ2) is 11.2. The highest BCUT2D eigenvalue weighted by molar-refractivity contribution is 6.13. The first-order chi connectivity index (χ1) is 34.5. The molecule has 0 N–H and O–H groups in total. The minimum Gasteiger partial charge on any atom is -0.456 e. The summed E-state index contributed by atoms with van der Waals surface area (Å²) < 4.78 is 242. The molecule has 0 saturated carbocycles. The van der Waals surface area contributed by atoms with E-state index in [-0.39, 0.29) is 0 Å². The fourth-order valence-corrected chi connectivity index (χ4v) is 4.71. The molecule has 0 radical (unpaired) electrons. The van der Waals surface area contributed by atoms with Crippen molar-refractivity contribution in [2.75, 3.05) is 0 Å². The average molecular weight is 629 g/mol.